The predicted octanol–water partition coefficient (Wildman–Crippen LogP) is 2.44. The maximum atomic E-state index is 11.4. The molecule has 2 rings (SSSR count). The van der Waals surface area contributed by atoms with Crippen LogP contribution in [-0.2, 0) is 11.3 Å². The number of amides is 1. The van der Waals surface area contributed by atoms with E-state index in [-0.39, 0.29) is 11.8 Å². The average Bonchev–Trinajstić information content (AvgIpc) is 2.68. The van der Waals surface area contributed by atoms with E-state index in [4.69, 9.17) is 0 Å². The van der Waals surface area contributed by atoms with Crippen LogP contribution >= 0.6 is 0 Å². The van der Waals surface area contributed by atoms with E-state index < -0.39 is 0 Å². The SMILES string of the molecule is CC(C)C(=O)NCc1cc2ccccc2[nH]1. The largest absolute Gasteiger partial charge is 0.357 e. The highest BCUT2D eigenvalue weighted by molar-refractivity contribution is 5.81. The minimum Gasteiger partial charge on any atom is -0.357 e. The van der Waals surface area contributed by atoms with Crippen LogP contribution in [0.15, 0.2) is 30.3 Å². The van der Waals surface area contributed by atoms with Gasteiger partial charge in [0.05, 0.1) is 6.54 Å². The van der Waals surface area contributed by atoms with Crippen LogP contribution in [0.4, 0.5) is 0 Å². The maximum Gasteiger partial charge on any atom is 0.222 e. The number of aromatic amines is 1. The third kappa shape index (κ3) is 2.24. The number of para-hydroxylation sites is 1. The molecule has 3 heteroatoms. The summed E-state index contributed by atoms with van der Waals surface area (Å²) in [7, 11) is 0. The fourth-order valence-electron chi connectivity index (χ4n) is 1.62. The molecule has 2 N–H and O–H groups in total. The van der Waals surface area contributed by atoms with Crippen molar-refractivity contribution in [2.75, 3.05) is 0 Å². The number of hydrogen-bond acceptors (Lipinski definition) is 1. The lowest BCUT2D eigenvalue weighted by molar-refractivity contribution is -0.124. The number of hydrogen-bond donors (Lipinski definition) is 2. The smallest absolute Gasteiger partial charge is 0.222 e. The van der Waals surface area contributed by atoms with Crippen LogP contribution in [0.1, 0.15) is 19.5 Å². The second-order valence-electron chi connectivity index (χ2n) is 4.25. The molecular formula is C13H16N2O. The van der Waals surface area contributed by atoms with Crippen molar-refractivity contribution in [1.82, 2.24) is 10.3 Å². The summed E-state index contributed by atoms with van der Waals surface area (Å²) < 4.78 is 0. The van der Waals surface area contributed by atoms with Gasteiger partial charge in [-0.2, -0.15) is 0 Å². The number of carbonyl (C=O) groups is 1. The molecule has 0 unspecified atom stereocenters. The summed E-state index contributed by atoms with van der Waals surface area (Å²) >= 11 is 0. The third-order valence-corrected chi connectivity index (χ3v) is 2.56. The lowest BCUT2D eigenvalue weighted by Gasteiger charge is -2.05. The first kappa shape index (κ1) is 10.7. The number of nitrogens with one attached hydrogen (secondary N) is 2. The number of fused-ring (bicyclic) bond motifs is 1. The Labute approximate surface area is 94.9 Å². The fourth-order valence-corrected chi connectivity index (χ4v) is 1.62. The summed E-state index contributed by atoms with van der Waals surface area (Å²) in [5.74, 6) is 0.114. The van der Waals surface area contributed by atoms with Crippen molar-refractivity contribution < 1.29 is 4.79 Å². The summed E-state index contributed by atoms with van der Waals surface area (Å²) in [6.45, 7) is 4.34. The molecule has 1 aromatic carbocycles. The lowest BCUT2D eigenvalue weighted by atomic mass is 10.2. The zero-order valence-electron chi connectivity index (χ0n) is 9.58. The van der Waals surface area contributed by atoms with Gasteiger partial charge < -0.3 is 10.3 Å². The van der Waals surface area contributed by atoms with Crippen LogP contribution in [0.3, 0.4) is 0 Å². The van der Waals surface area contributed by atoms with Crippen molar-refractivity contribution in [1.29, 1.82) is 0 Å². The number of benzene rings is 1. The summed E-state index contributed by atoms with van der Waals surface area (Å²) in [4.78, 5) is 14.7. The van der Waals surface area contributed by atoms with Crippen molar-refractivity contribution in [3.8, 4) is 0 Å². The van der Waals surface area contributed by atoms with E-state index >= 15 is 0 Å². The van der Waals surface area contributed by atoms with Crippen molar-refractivity contribution in [3.05, 3.63) is 36.0 Å². The van der Waals surface area contributed by atoms with Gasteiger partial charge in [0.2, 0.25) is 5.91 Å². The van der Waals surface area contributed by atoms with Crippen LogP contribution in [0, 0.1) is 5.92 Å². The Kier molecular flexibility index (Phi) is 2.95. The molecule has 0 fully saturated rings. The highest BCUT2D eigenvalue weighted by Gasteiger charge is 2.06. The van der Waals surface area contributed by atoms with Crippen molar-refractivity contribution in [3.63, 3.8) is 0 Å². The summed E-state index contributed by atoms with van der Waals surface area (Å²) in [5.41, 5.74) is 2.14. The molecule has 0 saturated heterocycles. The van der Waals surface area contributed by atoms with Gasteiger partial charge in [-0.3, -0.25) is 4.79 Å². The predicted molar refractivity (Wildman–Crippen MR) is 65.0 cm³/mol. The van der Waals surface area contributed by atoms with E-state index in [1.165, 1.54) is 5.39 Å². The summed E-state index contributed by atoms with van der Waals surface area (Å²) in [6, 6.07) is 10.2. The molecule has 84 valence electrons. The normalized spacial score (nSPS) is 10.9. The van der Waals surface area contributed by atoms with Gasteiger partial charge in [-0.05, 0) is 17.5 Å². The average molecular weight is 216 g/mol. The van der Waals surface area contributed by atoms with Gasteiger partial charge in [-0.1, -0.05) is 32.0 Å². The van der Waals surface area contributed by atoms with Crippen molar-refractivity contribution in [2.24, 2.45) is 5.92 Å². The zero-order chi connectivity index (χ0) is 11.5. The van der Waals surface area contributed by atoms with Crippen LogP contribution in [0.25, 0.3) is 10.9 Å². The first-order valence-corrected chi connectivity index (χ1v) is 5.51. The zero-order valence-corrected chi connectivity index (χ0v) is 9.58. The Morgan fingerprint density at radius 2 is 2.12 bits per heavy atom. The lowest BCUT2D eigenvalue weighted by Crippen LogP contribution is -2.27. The van der Waals surface area contributed by atoms with Gasteiger partial charge >= 0.3 is 0 Å². The molecule has 0 saturated carbocycles. The standard InChI is InChI=1S/C13H16N2O/c1-9(2)13(16)14-8-11-7-10-5-3-4-6-12(10)15-11/h3-7,9,15H,8H2,1-2H3,(H,14,16). The van der Waals surface area contributed by atoms with Gasteiger partial charge in [0.15, 0.2) is 0 Å². The van der Waals surface area contributed by atoms with E-state index in [1.807, 2.05) is 32.0 Å². The molecule has 1 heterocycles. The van der Waals surface area contributed by atoms with Gasteiger partial charge in [-0.15, -0.1) is 0 Å². The molecule has 0 aliphatic rings. The van der Waals surface area contributed by atoms with E-state index in [2.05, 4.69) is 22.4 Å². The Morgan fingerprint density at radius 1 is 1.38 bits per heavy atom. The molecule has 0 radical (unpaired) electrons. The molecule has 16 heavy (non-hydrogen) atoms. The number of rotatable bonds is 3. The van der Waals surface area contributed by atoms with E-state index in [0.717, 1.165) is 11.2 Å². The number of carbonyl (C=O) groups excluding carboxylic acids is 1. The second-order valence-corrected chi connectivity index (χ2v) is 4.25. The number of aromatic nitrogens is 1. The molecule has 0 aliphatic heterocycles. The van der Waals surface area contributed by atoms with Gasteiger partial charge in [0, 0.05) is 17.1 Å². The molecule has 0 bridgehead atoms. The molecule has 2 aromatic rings. The molecule has 1 amide bonds. The fraction of sp³-hybridized carbons (Fsp3) is 0.308. The third-order valence-electron chi connectivity index (χ3n) is 2.56. The minimum atomic E-state index is 0.0318. The molecule has 0 spiro atoms. The van der Waals surface area contributed by atoms with Gasteiger partial charge in [-0.25, -0.2) is 0 Å². The van der Waals surface area contributed by atoms with Crippen LogP contribution in [0.5, 0.6) is 0 Å². The van der Waals surface area contributed by atoms with E-state index in [1.54, 1.807) is 0 Å². The Morgan fingerprint density at radius 3 is 2.81 bits per heavy atom. The molecular weight excluding hydrogens is 200 g/mol. The summed E-state index contributed by atoms with van der Waals surface area (Å²) in [5, 5.41) is 4.07. The number of H-pyrrole nitrogens is 1. The monoisotopic (exact) mass is 216 g/mol. The van der Waals surface area contributed by atoms with Gasteiger partial charge in [0.25, 0.3) is 0 Å². The molecule has 0 aliphatic carbocycles. The minimum absolute atomic E-state index is 0.0318. The van der Waals surface area contributed by atoms with E-state index in [0.29, 0.717) is 6.54 Å². The van der Waals surface area contributed by atoms with Crippen LogP contribution in [0.2, 0.25) is 0 Å². The van der Waals surface area contributed by atoms with Crippen LogP contribution in [-0.4, -0.2) is 10.9 Å². The Hall–Kier alpha value is -1.77. The first-order valence-electron chi connectivity index (χ1n) is 5.51. The highest BCUT2D eigenvalue weighted by atomic mass is 16.1. The Balaban J connectivity index is 2.07. The van der Waals surface area contributed by atoms with Gasteiger partial charge in [0.1, 0.15) is 0 Å². The first-order chi connectivity index (χ1) is 7.66. The quantitative estimate of drug-likeness (QED) is 0.813. The van der Waals surface area contributed by atoms with Crippen LogP contribution < -0.4 is 5.32 Å². The maximum absolute atomic E-state index is 11.4. The topological polar surface area (TPSA) is 44.9 Å². The van der Waals surface area contributed by atoms with Crippen molar-refractivity contribution in [2.45, 2.75) is 20.4 Å². The Bertz CT molecular complexity index is 466. The molecule has 0 atom stereocenters. The summed E-state index contributed by atoms with van der Waals surface area (Å²) in [6.07, 6.45) is 0. The van der Waals surface area contributed by atoms with E-state index in [9.17, 15) is 4.79 Å². The molecule has 3 nitrogen and oxygen atoms in total. The van der Waals surface area contributed by atoms with Crippen molar-refractivity contribution >= 4 is 16.8 Å². The highest BCUT2D eigenvalue weighted by Crippen LogP contribution is 2.14. The second kappa shape index (κ2) is 4.39. The molecule has 1 aromatic heterocycles.